The van der Waals surface area contributed by atoms with Crippen LogP contribution in [0.25, 0.3) is 11.0 Å². The summed E-state index contributed by atoms with van der Waals surface area (Å²) in [5, 5.41) is 3.02. The number of fused-ring (bicyclic) bond motifs is 1. The number of hydrogen-bond acceptors (Lipinski definition) is 7. The van der Waals surface area contributed by atoms with E-state index in [0.29, 0.717) is 25.3 Å². The number of morpholine rings is 1. The third-order valence-corrected chi connectivity index (χ3v) is 4.89. The summed E-state index contributed by atoms with van der Waals surface area (Å²) in [5.74, 6) is 0.723. The highest BCUT2D eigenvalue weighted by atomic mass is 32.1. The van der Waals surface area contributed by atoms with E-state index < -0.39 is 0 Å². The van der Waals surface area contributed by atoms with Crippen LogP contribution in [-0.4, -0.2) is 52.4 Å². The Bertz CT molecular complexity index is 843. The second-order valence-electron chi connectivity index (χ2n) is 5.86. The van der Waals surface area contributed by atoms with Crippen LogP contribution in [0.15, 0.2) is 41.0 Å². The molecular weight excluding hydrogens is 340 g/mol. The number of rotatable bonds is 5. The van der Waals surface area contributed by atoms with E-state index in [0.717, 1.165) is 41.6 Å². The summed E-state index contributed by atoms with van der Waals surface area (Å²) < 4.78 is 19.3. The summed E-state index contributed by atoms with van der Waals surface area (Å²) in [7, 11) is 0. The van der Waals surface area contributed by atoms with Gasteiger partial charge < -0.3 is 14.5 Å². The van der Waals surface area contributed by atoms with Gasteiger partial charge in [0.15, 0.2) is 0 Å². The minimum absolute atomic E-state index is 0.00693. The van der Waals surface area contributed by atoms with Crippen molar-refractivity contribution in [2.24, 2.45) is 0 Å². The SMILES string of the molecule is O=C(NCC(c1ccco1)N1CCOCC1)c1ccc2nsnc2c1. The van der Waals surface area contributed by atoms with Crippen LogP contribution in [0.4, 0.5) is 0 Å². The van der Waals surface area contributed by atoms with Crippen molar-refractivity contribution in [2.45, 2.75) is 6.04 Å². The smallest absolute Gasteiger partial charge is 0.251 e. The van der Waals surface area contributed by atoms with Gasteiger partial charge in [0.05, 0.1) is 37.2 Å². The quantitative estimate of drug-likeness (QED) is 0.752. The molecule has 25 heavy (non-hydrogen) atoms. The molecule has 0 saturated carbocycles. The van der Waals surface area contributed by atoms with Gasteiger partial charge in [-0.1, -0.05) is 0 Å². The van der Waals surface area contributed by atoms with E-state index >= 15 is 0 Å². The average Bonchev–Trinajstić information content (AvgIpc) is 3.34. The molecule has 8 heteroatoms. The van der Waals surface area contributed by atoms with Crippen LogP contribution in [0.3, 0.4) is 0 Å². The Morgan fingerprint density at radius 3 is 2.88 bits per heavy atom. The fourth-order valence-electron chi connectivity index (χ4n) is 2.99. The molecule has 1 saturated heterocycles. The number of nitrogens with zero attached hydrogens (tertiary/aromatic N) is 3. The molecule has 1 aliphatic rings. The molecule has 2 aromatic heterocycles. The second kappa shape index (κ2) is 7.30. The maximum atomic E-state index is 12.5. The fourth-order valence-corrected chi connectivity index (χ4v) is 3.51. The summed E-state index contributed by atoms with van der Waals surface area (Å²) in [4.78, 5) is 14.8. The van der Waals surface area contributed by atoms with Crippen LogP contribution in [0.5, 0.6) is 0 Å². The lowest BCUT2D eigenvalue weighted by Gasteiger charge is -2.33. The van der Waals surface area contributed by atoms with Crippen LogP contribution in [0.2, 0.25) is 0 Å². The van der Waals surface area contributed by atoms with Crippen molar-refractivity contribution in [1.29, 1.82) is 0 Å². The molecule has 1 fully saturated rings. The lowest BCUT2D eigenvalue weighted by molar-refractivity contribution is 0.0118. The van der Waals surface area contributed by atoms with Gasteiger partial charge in [-0.25, -0.2) is 0 Å². The summed E-state index contributed by atoms with van der Waals surface area (Å²) in [6.45, 7) is 3.49. The first-order valence-corrected chi connectivity index (χ1v) is 8.90. The summed E-state index contributed by atoms with van der Waals surface area (Å²) in [6, 6.07) is 9.17. The van der Waals surface area contributed by atoms with Crippen LogP contribution in [0.1, 0.15) is 22.2 Å². The predicted molar refractivity (Wildman–Crippen MR) is 93.6 cm³/mol. The third kappa shape index (κ3) is 3.55. The van der Waals surface area contributed by atoms with Crippen molar-refractivity contribution in [1.82, 2.24) is 19.0 Å². The highest BCUT2D eigenvalue weighted by Gasteiger charge is 2.25. The monoisotopic (exact) mass is 358 g/mol. The van der Waals surface area contributed by atoms with E-state index in [1.165, 1.54) is 0 Å². The van der Waals surface area contributed by atoms with Crippen molar-refractivity contribution < 1.29 is 13.9 Å². The third-order valence-electron chi connectivity index (χ3n) is 4.33. The molecule has 1 atom stereocenters. The zero-order chi connectivity index (χ0) is 17.1. The second-order valence-corrected chi connectivity index (χ2v) is 6.39. The lowest BCUT2D eigenvalue weighted by atomic mass is 10.1. The molecule has 0 aliphatic carbocycles. The van der Waals surface area contributed by atoms with Crippen molar-refractivity contribution in [3.05, 3.63) is 47.9 Å². The number of ether oxygens (including phenoxy) is 1. The first kappa shape index (κ1) is 16.2. The standard InChI is InChI=1S/C17H18N4O3S/c22-17(12-3-4-13-14(10-12)20-25-19-13)18-11-15(16-2-1-7-24-16)21-5-8-23-9-6-21/h1-4,7,10,15H,5-6,8-9,11H2,(H,18,22). The van der Waals surface area contributed by atoms with Crippen LogP contribution >= 0.6 is 11.7 Å². The number of nitrogens with one attached hydrogen (secondary N) is 1. The Hall–Kier alpha value is -2.29. The number of carbonyl (C=O) groups excluding carboxylic acids is 1. The molecule has 0 radical (unpaired) electrons. The molecule has 0 bridgehead atoms. The first-order valence-electron chi connectivity index (χ1n) is 8.17. The minimum Gasteiger partial charge on any atom is -0.468 e. The topological polar surface area (TPSA) is 80.5 Å². The molecule has 1 amide bonds. The van der Waals surface area contributed by atoms with Gasteiger partial charge in [-0.15, -0.1) is 0 Å². The van der Waals surface area contributed by atoms with Crippen molar-refractivity contribution >= 4 is 28.7 Å². The summed E-state index contributed by atoms with van der Waals surface area (Å²) >= 11 is 1.15. The Labute approximate surface area is 148 Å². The van der Waals surface area contributed by atoms with Gasteiger partial charge in [0.25, 0.3) is 5.91 Å². The zero-order valence-electron chi connectivity index (χ0n) is 13.6. The Morgan fingerprint density at radius 1 is 1.24 bits per heavy atom. The maximum absolute atomic E-state index is 12.5. The molecule has 3 heterocycles. The average molecular weight is 358 g/mol. The molecule has 4 rings (SSSR count). The molecule has 130 valence electrons. The van der Waals surface area contributed by atoms with Gasteiger partial charge in [-0.3, -0.25) is 9.69 Å². The van der Waals surface area contributed by atoms with E-state index in [1.54, 1.807) is 18.4 Å². The zero-order valence-corrected chi connectivity index (χ0v) is 14.4. The van der Waals surface area contributed by atoms with Crippen LogP contribution in [-0.2, 0) is 4.74 Å². The lowest BCUT2D eigenvalue weighted by Crippen LogP contribution is -2.43. The fraction of sp³-hybridized carbons (Fsp3) is 0.353. The molecule has 7 nitrogen and oxygen atoms in total. The highest BCUT2D eigenvalue weighted by molar-refractivity contribution is 7.00. The molecule has 3 aromatic rings. The normalized spacial score (nSPS) is 16.8. The number of benzene rings is 1. The van der Waals surface area contributed by atoms with Crippen molar-refractivity contribution in [2.75, 3.05) is 32.8 Å². The van der Waals surface area contributed by atoms with Crippen molar-refractivity contribution in [3.8, 4) is 0 Å². The van der Waals surface area contributed by atoms with Gasteiger partial charge in [-0.2, -0.15) is 8.75 Å². The Kier molecular flexibility index (Phi) is 4.73. The number of amides is 1. The van der Waals surface area contributed by atoms with Crippen molar-refractivity contribution in [3.63, 3.8) is 0 Å². The van der Waals surface area contributed by atoms with E-state index in [4.69, 9.17) is 9.15 Å². The van der Waals surface area contributed by atoms with E-state index in [-0.39, 0.29) is 11.9 Å². The molecule has 1 aromatic carbocycles. The molecular formula is C17H18N4O3S. The number of furan rings is 1. The molecule has 0 spiro atoms. The largest absolute Gasteiger partial charge is 0.468 e. The maximum Gasteiger partial charge on any atom is 0.251 e. The number of hydrogen-bond donors (Lipinski definition) is 1. The molecule has 1 unspecified atom stereocenters. The van der Waals surface area contributed by atoms with Crippen LogP contribution < -0.4 is 5.32 Å². The highest BCUT2D eigenvalue weighted by Crippen LogP contribution is 2.22. The van der Waals surface area contributed by atoms with Gasteiger partial charge in [0.2, 0.25) is 0 Å². The van der Waals surface area contributed by atoms with Gasteiger partial charge >= 0.3 is 0 Å². The first-order chi connectivity index (χ1) is 12.3. The number of carbonyl (C=O) groups is 1. The molecule has 1 N–H and O–H groups in total. The summed E-state index contributed by atoms with van der Waals surface area (Å²) in [6.07, 6.45) is 1.66. The van der Waals surface area contributed by atoms with Crippen LogP contribution in [0, 0.1) is 0 Å². The number of aromatic nitrogens is 2. The van der Waals surface area contributed by atoms with Gasteiger partial charge in [0, 0.05) is 25.2 Å². The Morgan fingerprint density at radius 2 is 2.08 bits per heavy atom. The molecule has 1 aliphatic heterocycles. The van der Waals surface area contributed by atoms with E-state index in [1.807, 2.05) is 18.2 Å². The van der Waals surface area contributed by atoms with Gasteiger partial charge in [0.1, 0.15) is 16.8 Å². The van der Waals surface area contributed by atoms with E-state index in [9.17, 15) is 4.79 Å². The Balaban J connectivity index is 1.47. The minimum atomic E-state index is -0.125. The predicted octanol–water partition coefficient (Wildman–Crippen LogP) is 2.09. The van der Waals surface area contributed by atoms with Gasteiger partial charge in [-0.05, 0) is 30.3 Å². The van der Waals surface area contributed by atoms with E-state index in [2.05, 4.69) is 19.0 Å². The summed E-state index contributed by atoms with van der Waals surface area (Å²) in [5.41, 5.74) is 2.14.